The number of amides is 3. The van der Waals surface area contributed by atoms with Gasteiger partial charge >= 0.3 is 0 Å². The van der Waals surface area contributed by atoms with Gasteiger partial charge < -0.3 is 10.6 Å². The first-order chi connectivity index (χ1) is 13.3. The fourth-order valence-electron chi connectivity index (χ4n) is 5.29. The maximum absolute atomic E-state index is 14.1. The summed E-state index contributed by atoms with van der Waals surface area (Å²) in [6, 6.07) is 3.98. The van der Waals surface area contributed by atoms with Crippen LogP contribution in [-0.4, -0.2) is 35.2 Å². The third kappa shape index (κ3) is 2.52. The van der Waals surface area contributed by atoms with Gasteiger partial charge in [-0.05, 0) is 30.5 Å². The molecule has 150 valence electrons. The van der Waals surface area contributed by atoms with Gasteiger partial charge in [0.15, 0.2) is 0 Å². The van der Waals surface area contributed by atoms with Gasteiger partial charge in [0, 0.05) is 18.5 Å². The van der Waals surface area contributed by atoms with Crippen molar-refractivity contribution in [3.8, 4) is 0 Å². The topological polar surface area (TPSA) is 83.1 Å². The van der Waals surface area contributed by atoms with Gasteiger partial charge in [-0.2, -0.15) is 0 Å². The summed E-state index contributed by atoms with van der Waals surface area (Å²) < 4.78 is 14.1. The van der Waals surface area contributed by atoms with E-state index in [2.05, 4.69) is 19.2 Å². The van der Waals surface area contributed by atoms with Crippen LogP contribution in [0, 0.1) is 23.6 Å². The quantitative estimate of drug-likeness (QED) is 0.748. The van der Waals surface area contributed by atoms with Crippen LogP contribution in [0.25, 0.3) is 0 Å². The molecule has 3 aliphatic heterocycles. The molecule has 3 heterocycles. The predicted octanol–water partition coefficient (Wildman–Crippen LogP) is 1.37. The van der Waals surface area contributed by atoms with E-state index >= 15 is 0 Å². The lowest BCUT2D eigenvalue weighted by Crippen LogP contribution is -2.99. The minimum atomic E-state index is -1.27. The molecule has 28 heavy (non-hydrogen) atoms. The molecular weight excluding hydrogens is 361 g/mol. The molecule has 0 radical (unpaired) electrons. The minimum absolute atomic E-state index is 0.181. The molecular formula is C21H27FN3O3+. The van der Waals surface area contributed by atoms with E-state index in [4.69, 9.17) is 0 Å². The number of imide groups is 1. The zero-order valence-corrected chi connectivity index (χ0v) is 16.5. The molecule has 1 spiro atoms. The highest BCUT2D eigenvalue weighted by atomic mass is 19.1. The van der Waals surface area contributed by atoms with Gasteiger partial charge in [-0.25, -0.2) is 4.39 Å². The summed E-state index contributed by atoms with van der Waals surface area (Å²) >= 11 is 0. The van der Waals surface area contributed by atoms with Crippen LogP contribution in [0.5, 0.6) is 0 Å². The molecule has 6 nitrogen and oxygen atoms in total. The van der Waals surface area contributed by atoms with E-state index in [1.165, 1.54) is 23.1 Å². The summed E-state index contributed by atoms with van der Waals surface area (Å²) in [6.07, 6.45) is 2.31. The molecule has 2 fully saturated rings. The van der Waals surface area contributed by atoms with E-state index in [1.807, 2.05) is 12.2 Å². The molecule has 2 saturated heterocycles. The third-order valence-corrected chi connectivity index (χ3v) is 6.40. The van der Waals surface area contributed by atoms with Crippen molar-refractivity contribution in [2.24, 2.45) is 17.8 Å². The minimum Gasteiger partial charge on any atom is -0.326 e. The maximum atomic E-state index is 14.1. The van der Waals surface area contributed by atoms with E-state index in [0.29, 0.717) is 30.1 Å². The second kappa shape index (κ2) is 6.65. The molecule has 0 unspecified atom stereocenters. The Morgan fingerprint density at radius 3 is 2.68 bits per heavy atom. The number of nitrogens with one attached hydrogen (secondary N) is 1. The molecule has 3 aliphatic rings. The highest BCUT2D eigenvalue weighted by Crippen LogP contribution is 2.49. The largest absolute Gasteiger partial charge is 0.326 e. The number of nitrogens with zero attached hydrogens (tertiary/aromatic N) is 1. The SMILES string of the molecule is CCCCN1C(=O)[C@H]2[C@@H](C1=O)[C@@]1([NH2+][C@@H]2CC(C)C)C(=O)Nc2ccc(F)cc21. The lowest BCUT2D eigenvalue weighted by molar-refractivity contribution is -0.734. The molecule has 0 saturated carbocycles. The Morgan fingerprint density at radius 1 is 1.25 bits per heavy atom. The van der Waals surface area contributed by atoms with Gasteiger partial charge in [-0.15, -0.1) is 0 Å². The lowest BCUT2D eigenvalue weighted by atomic mass is 9.76. The van der Waals surface area contributed by atoms with Crippen molar-refractivity contribution >= 4 is 23.4 Å². The van der Waals surface area contributed by atoms with Gasteiger partial charge in [0.1, 0.15) is 23.7 Å². The van der Waals surface area contributed by atoms with E-state index in [9.17, 15) is 18.8 Å². The number of hydrogen-bond acceptors (Lipinski definition) is 3. The van der Waals surface area contributed by atoms with Crippen molar-refractivity contribution in [2.45, 2.75) is 51.6 Å². The highest BCUT2D eigenvalue weighted by Gasteiger charge is 2.74. The first-order valence-corrected chi connectivity index (χ1v) is 10.1. The Bertz CT molecular complexity index is 855. The zero-order valence-electron chi connectivity index (χ0n) is 16.5. The van der Waals surface area contributed by atoms with Crippen molar-refractivity contribution in [1.29, 1.82) is 0 Å². The summed E-state index contributed by atoms with van der Waals surface area (Å²) in [4.78, 5) is 41.1. The van der Waals surface area contributed by atoms with Crippen LogP contribution >= 0.6 is 0 Å². The van der Waals surface area contributed by atoms with Crippen LogP contribution in [-0.2, 0) is 19.9 Å². The molecule has 0 aromatic heterocycles. The Kier molecular flexibility index (Phi) is 4.53. The predicted molar refractivity (Wildman–Crippen MR) is 100 cm³/mol. The van der Waals surface area contributed by atoms with E-state index in [0.717, 1.165) is 12.8 Å². The molecule has 1 aromatic carbocycles. The Labute approximate surface area is 163 Å². The number of carbonyl (C=O) groups excluding carboxylic acids is 3. The summed E-state index contributed by atoms with van der Waals surface area (Å²) in [5, 5.41) is 4.69. The second-order valence-corrected chi connectivity index (χ2v) is 8.66. The molecule has 4 rings (SSSR count). The number of anilines is 1. The van der Waals surface area contributed by atoms with E-state index in [-0.39, 0.29) is 23.8 Å². The first-order valence-electron chi connectivity index (χ1n) is 10.1. The summed E-state index contributed by atoms with van der Waals surface area (Å²) in [5.74, 6) is -2.28. The number of quaternary nitrogens is 1. The fraction of sp³-hybridized carbons (Fsp3) is 0.571. The number of carbonyl (C=O) groups is 3. The average molecular weight is 388 g/mol. The fourth-order valence-corrected chi connectivity index (χ4v) is 5.29. The molecule has 0 aliphatic carbocycles. The van der Waals surface area contributed by atoms with Gasteiger partial charge in [0.05, 0.1) is 5.69 Å². The number of rotatable bonds is 5. The van der Waals surface area contributed by atoms with Gasteiger partial charge in [-0.3, -0.25) is 19.3 Å². The van der Waals surface area contributed by atoms with Crippen LogP contribution in [0.3, 0.4) is 0 Å². The molecule has 1 aromatic rings. The number of unbranched alkanes of at least 4 members (excludes halogenated alkanes) is 1. The highest BCUT2D eigenvalue weighted by molar-refractivity contribution is 6.13. The normalized spacial score (nSPS) is 31.1. The Hall–Kier alpha value is -2.28. The van der Waals surface area contributed by atoms with Crippen molar-refractivity contribution < 1.29 is 24.1 Å². The smallest absolute Gasteiger partial charge is 0.291 e. The van der Waals surface area contributed by atoms with Gasteiger partial charge in [0.2, 0.25) is 17.4 Å². The van der Waals surface area contributed by atoms with Crippen molar-refractivity contribution in [1.82, 2.24) is 4.90 Å². The summed E-state index contributed by atoms with van der Waals surface area (Å²) in [6.45, 7) is 6.51. The summed E-state index contributed by atoms with van der Waals surface area (Å²) in [7, 11) is 0. The lowest BCUT2D eigenvalue weighted by Gasteiger charge is -2.26. The van der Waals surface area contributed by atoms with Gasteiger partial charge in [-0.1, -0.05) is 27.2 Å². The summed E-state index contributed by atoms with van der Waals surface area (Å²) in [5.41, 5.74) is -0.258. The van der Waals surface area contributed by atoms with Crippen molar-refractivity contribution in [2.75, 3.05) is 11.9 Å². The van der Waals surface area contributed by atoms with Crippen LogP contribution in [0.15, 0.2) is 18.2 Å². The number of halogens is 1. The van der Waals surface area contributed by atoms with Gasteiger partial charge in [0.25, 0.3) is 5.91 Å². The number of benzene rings is 1. The Morgan fingerprint density at radius 2 is 2.00 bits per heavy atom. The molecule has 3 N–H and O–H groups in total. The molecule has 4 atom stereocenters. The number of likely N-dealkylation sites (tertiary alicyclic amines) is 1. The average Bonchev–Trinajstić information content (AvgIpc) is 3.19. The number of fused-ring (bicyclic) bond motifs is 4. The number of nitrogens with two attached hydrogens (primary N) is 1. The monoisotopic (exact) mass is 388 g/mol. The zero-order chi connectivity index (χ0) is 20.2. The van der Waals surface area contributed by atoms with Crippen molar-refractivity contribution in [3.05, 3.63) is 29.6 Å². The van der Waals surface area contributed by atoms with Crippen molar-refractivity contribution in [3.63, 3.8) is 0 Å². The number of hydrogen-bond donors (Lipinski definition) is 2. The van der Waals surface area contributed by atoms with E-state index < -0.39 is 23.2 Å². The molecule has 0 bridgehead atoms. The van der Waals surface area contributed by atoms with Crippen LogP contribution < -0.4 is 10.6 Å². The molecule has 7 heteroatoms. The van der Waals surface area contributed by atoms with E-state index in [1.54, 1.807) is 0 Å². The van der Waals surface area contributed by atoms with Crippen LogP contribution in [0.2, 0.25) is 0 Å². The molecule has 3 amide bonds. The maximum Gasteiger partial charge on any atom is 0.291 e. The van der Waals surface area contributed by atoms with Crippen LogP contribution in [0.1, 0.15) is 45.6 Å². The Balaban J connectivity index is 1.84. The standard InChI is InChI=1S/C21H26FN3O3/c1-4-5-8-25-18(26)16-15(9-11(2)3)24-21(17(16)19(25)27)13-10-12(22)6-7-14(13)23-20(21)28/h6-7,10-11,15-17,24H,4-5,8-9H2,1-3H3,(H,23,28)/p+1/t15-,16-,17+,21-/m1/s1. The second-order valence-electron chi connectivity index (χ2n) is 8.66. The van der Waals surface area contributed by atoms with Crippen LogP contribution in [0.4, 0.5) is 10.1 Å². The first kappa shape index (κ1) is 19.1. The third-order valence-electron chi connectivity index (χ3n) is 6.40.